The average Bonchev–Trinajstić information content (AvgIpc) is 2.56. The third kappa shape index (κ3) is 2.77. The molecular formula is C16H17FN2O2S. The van der Waals surface area contributed by atoms with E-state index in [1.54, 1.807) is 0 Å². The van der Waals surface area contributed by atoms with Crippen LogP contribution in [0.5, 0.6) is 0 Å². The summed E-state index contributed by atoms with van der Waals surface area (Å²) >= 11 is 0. The van der Waals surface area contributed by atoms with Gasteiger partial charge in [-0.25, -0.2) is 12.8 Å². The van der Waals surface area contributed by atoms with Gasteiger partial charge in [-0.3, -0.25) is 0 Å². The fourth-order valence-electron chi connectivity index (χ4n) is 2.71. The molecule has 6 heteroatoms. The van der Waals surface area contributed by atoms with Gasteiger partial charge in [0.15, 0.2) is 0 Å². The Morgan fingerprint density at radius 2 is 1.73 bits per heavy atom. The number of hydrogen-bond donors (Lipinski definition) is 1. The molecule has 0 spiro atoms. The van der Waals surface area contributed by atoms with Crippen LogP contribution in [0.3, 0.4) is 0 Å². The first-order valence-corrected chi connectivity index (χ1v) is 8.57. The molecule has 0 aliphatic carbocycles. The number of sulfonamides is 1. The second-order valence-electron chi connectivity index (χ2n) is 5.18. The number of halogens is 1. The van der Waals surface area contributed by atoms with Crippen LogP contribution in [0, 0.1) is 5.82 Å². The summed E-state index contributed by atoms with van der Waals surface area (Å²) in [6, 6.07) is 14.6. The Kier molecular flexibility index (Phi) is 4.24. The maximum atomic E-state index is 13.9. The van der Waals surface area contributed by atoms with Gasteiger partial charge in [0, 0.05) is 19.6 Å². The smallest absolute Gasteiger partial charge is 0.246 e. The van der Waals surface area contributed by atoms with Gasteiger partial charge in [-0.2, -0.15) is 4.31 Å². The largest absolute Gasteiger partial charge is 0.313 e. The van der Waals surface area contributed by atoms with E-state index < -0.39 is 15.8 Å². The van der Waals surface area contributed by atoms with Gasteiger partial charge in [0.05, 0.1) is 6.04 Å². The molecule has 1 heterocycles. The molecule has 4 nitrogen and oxygen atoms in total. The van der Waals surface area contributed by atoms with Crippen LogP contribution in [0.2, 0.25) is 0 Å². The highest BCUT2D eigenvalue weighted by Gasteiger charge is 2.35. The molecule has 1 unspecified atom stereocenters. The van der Waals surface area contributed by atoms with Crippen LogP contribution in [0.4, 0.5) is 4.39 Å². The fourth-order valence-corrected chi connectivity index (χ4v) is 4.39. The Bertz CT molecular complexity index is 750. The molecule has 0 bridgehead atoms. The lowest BCUT2D eigenvalue weighted by molar-refractivity contribution is 0.270. The molecule has 22 heavy (non-hydrogen) atoms. The van der Waals surface area contributed by atoms with Crippen molar-refractivity contribution in [3.05, 3.63) is 66.0 Å². The van der Waals surface area contributed by atoms with Gasteiger partial charge in [0.25, 0.3) is 0 Å². The van der Waals surface area contributed by atoms with Crippen molar-refractivity contribution >= 4 is 10.0 Å². The zero-order chi connectivity index (χ0) is 15.6. The summed E-state index contributed by atoms with van der Waals surface area (Å²) in [7, 11) is -3.87. The number of nitrogens with zero attached hydrogens (tertiary/aromatic N) is 1. The normalized spacial score (nSPS) is 20.0. The maximum Gasteiger partial charge on any atom is 0.246 e. The summed E-state index contributed by atoms with van der Waals surface area (Å²) in [6.45, 7) is 1.38. The Morgan fingerprint density at radius 3 is 2.45 bits per heavy atom. The summed E-state index contributed by atoms with van der Waals surface area (Å²) < 4.78 is 41.0. The zero-order valence-corrected chi connectivity index (χ0v) is 12.8. The van der Waals surface area contributed by atoms with Crippen LogP contribution in [-0.4, -0.2) is 32.4 Å². The standard InChI is InChI=1S/C16H17FN2O2S/c17-14-8-4-5-9-16(14)22(20,21)19-11-10-18-12-15(19)13-6-2-1-3-7-13/h1-9,15,18H,10-12H2. The fraction of sp³-hybridized carbons (Fsp3) is 0.250. The molecular weight excluding hydrogens is 303 g/mol. The SMILES string of the molecule is O=S(=O)(c1ccccc1F)N1CCNCC1c1ccccc1. The Balaban J connectivity index is 2.02. The number of hydrogen-bond acceptors (Lipinski definition) is 3. The maximum absolute atomic E-state index is 13.9. The predicted octanol–water partition coefficient (Wildman–Crippen LogP) is 2.16. The molecule has 1 aliphatic heterocycles. The van der Waals surface area contributed by atoms with Crippen molar-refractivity contribution in [2.45, 2.75) is 10.9 Å². The average molecular weight is 320 g/mol. The minimum Gasteiger partial charge on any atom is -0.313 e. The summed E-state index contributed by atoms with van der Waals surface area (Å²) in [5, 5.41) is 3.20. The van der Waals surface area contributed by atoms with Crippen LogP contribution in [0.1, 0.15) is 11.6 Å². The van der Waals surface area contributed by atoms with Crippen molar-refractivity contribution in [3.8, 4) is 0 Å². The van der Waals surface area contributed by atoms with E-state index in [1.165, 1.54) is 28.6 Å². The molecule has 2 aromatic rings. The van der Waals surface area contributed by atoms with Gasteiger partial charge in [-0.15, -0.1) is 0 Å². The summed E-state index contributed by atoms with van der Waals surface area (Å²) in [4.78, 5) is -0.266. The summed E-state index contributed by atoms with van der Waals surface area (Å²) in [5.74, 6) is -0.715. The quantitative estimate of drug-likeness (QED) is 0.943. The number of piperazine rings is 1. The first-order chi connectivity index (χ1) is 10.6. The molecule has 1 saturated heterocycles. The van der Waals surface area contributed by atoms with Crippen molar-refractivity contribution in [1.82, 2.24) is 9.62 Å². The first-order valence-electron chi connectivity index (χ1n) is 7.13. The third-order valence-electron chi connectivity index (χ3n) is 3.80. The van der Waals surface area contributed by atoms with E-state index in [1.807, 2.05) is 30.3 Å². The van der Waals surface area contributed by atoms with E-state index in [2.05, 4.69) is 5.32 Å². The van der Waals surface area contributed by atoms with E-state index in [-0.39, 0.29) is 10.9 Å². The topological polar surface area (TPSA) is 49.4 Å². The number of nitrogens with one attached hydrogen (secondary N) is 1. The van der Waals surface area contributed by atoms with Gasteiger partial charge in [-0.1, -0.05) is 42.5 Å². The third-order valence-corrected chi connectivity index (χ3v) is 5.74. The van der Waals surface area contributed by atoms with Crippen molar-refractivity contribution in [3.63, 3.8) is 0 Å². The molecule has 0 amide bonds. The van der Waals surface area contributed by atoms with Gasteiger partial charge in [0.1, 0.15) is 10.7 Å². The highest BCUT2D eigenvalue weighted by Crippen LogP contribution is 2.29. The Hall–Kier alpha value is -1.76. The van der Waals surface area contributed by atoms with Crippen molar-refractivity contribution in [2.75, 3.05) is 19.6 Å². The lowest BCUT2D eigenvalue weighted by atomic mass is 10.1. The Labute approximate surface area is 129 Å². The van der Waals surface area contributed by atoms with Gasteiger partial charge < -0.3 is 5.32 Å². The van der Waals surface area contributed by atoms with Crippen LogP contribution in [0.25, 0.3) is 0 Å². The molecule has 1 aliphatic rings. The van der Waals surface area contributed by atoms with Crippen LogP contribution < -0.4 is 5.32 Å². The molecule has 3 rings (SSSR count). The lowest BCUT2D eigenvalue weighted by Crippen LogP contribution is -2.48. The van der Waals surface area contributed by atoms with Crippen LogP contribution in [-0.2, 0) is 10.0 Å². The monoisotopic (exact) mass is 320 g/mol. The van der Waals surface area contributed by atoms with Gasteiger partial charge in [0.2, 0.25) is 10.0 Å². The molecule has 116 valence electrons. The van der Waals surface area contributed by atoms with Crippen molar-refractivity contribution < 1.29 is 12.8 Å². The predicted molar refractivity (Wildman–Crippen MR) is 82.3 cm³/mol. The van der Waals surface area contributed by atoms with Crippen LogP contribution in [0.15, 0.2) is 59.5 Å². The molecule has 0 radical (unpaired) electrons. The number of rotatable bonds is 3. The molecule has 0 aromatic heterocycles. The first kappa shape index (κ1) is 15.1. The van der Waals surface area contributed by atoms with E-state index in [0.29, 0.717) is 19.6 Å². The summed E-state index contributed by atoms with van der Waals surface area (Å²) in [5.41, 5.74) is 0.898. The van der Waals surface area contributed by atoms with E-state index in [0.717, 1.165) is 5.56 Å². The minimum atomic E-state index is -3.87. The van der Waals surface area contributed by atoms with Gasteiger partial charge >= 0.3 is 0 Å². The van der Waals surface area contributed by atoms with Crippen LogP contribution >= 0.6 is 0 Å². The Morgan fingerprint density at radius 1 is 1.05 bits per heavy atom. The van der Waals surface area contributed by atoms with E-state index in [9.17, 15) is 12.8 Å². The number of benzene rings is 2. The highest BCUT2D eigenvalue weighted by molar-refractivity contribution is 7.89. The zero-order valence-electron chi connectivity index (χ0n) is 11.9. The highest BCUT2D eigenvalue weighted by atomic mass is 32.2. The summed E-state index contributed by atoms with van der Waals surface area (Å²) in [6.07, 6.45) is 0. The molecule has 1 fully saturated rings. The lowest BCUT2D eigenvalue weighted by Gasteiger charge is -2.35. The second-order valence-corrected chi connectivity index (χ2v) is 7.04. The molecule has 0 saturated carbocycles. The molecule has 2 aromatic carbocycles. The molecule has 1 atom stereocenters. The van der Waals surface area contributed by atoms with E-state index in [4.69, 9.17) is 0 Å². The molecule has 1 N–H and O–H groups in total. The van der Waals surface area contributed by atoms with Crippen molar-refractivity contribution in [2.24, 2.45) is 0 Å². The van der Waals surface area contributed by atoms with Crippen molar-refractivity contribution in [1.29, 1.82) is 0 Å². The van der Waals surface area contributed by atoms with Gasteiger partial charge in [-0.05, 0) is 17.7 Å². The minimum absolute atomic E-state index is 0.266. The second kappa shape index (κ2) is 6.16. The van der Waals surface area contributed by atoms with E-state index >= 15 is 0 Å².